The molecule has 2 aromatic carbocycles. The Morgan fingerprint density at radius 3 is 2.37 bits per heavy atom. The second kappa shape index (κ2) is 8.03. The molecule has 0 saturated heterocycles. The summed E-state index contributed by atoms with van der Waals surface area (Å²) in [7, 11) is 0. The highest BCUT2D eigenvalue weighted by molar-refractivity contribution is 6.02. The molecule has 0 aromatic heterocycles. The highest BCUT2D eigenvalue weighted by Crippen LogP contribution is 2.35. The van der Waals surface area contributed by atoms with Gasteiger partial charge in [0.15, 0.2) is 0 Å². The molecule has 0 fully saturated rings. The molecule has 140 valence electrons. The third kappa shape index (κ3) is 4.16. The van der Waals surface area contributed by atoms with Gasteiger partial charge >= 0.3 is 11.9 Å². The van der Waals surface area contributed by atoms with E-state index in [4.69, 9.17) is 0 Å². The lowest BCUT2D eigenvalue weighted by atomic mass is 9.79. The molecule has 0 saturated carbocycles. The average molecular weight is 367 g/mol. The molecule has 1 aliphatic heterocycles. The summed E-state index contributed by atoms with van der Waals surface area (Å²) in [6.07, 6.45) is 1.16. The summed E-state index contributed by atoms with van der Waals surface area (Å²) in [5.41, 5.74) is 2.36. The number of amides is 1. The summed E-state index contributed by atoms with van der Waals surface area (Å²) in [5, 5.41) is 18.9. The maximum absolute atomic E-state index is 13.0. The molecule has 1 amide bonds. The number of anilines is 1. The van der Waals surface area contributed by atoms with Crippen LogP contribution in [-0.4, -0.2) is 34.6 Å². The van der Waals surface area contributed by atoms with E-state index in [9.17, 15) is 24.6 Å². The number of aliphatic carboxylic acids is 2. The number of fused-ring (bicyclic) bond motifs is 1. The largest absolute Gasteiger partial charge is 0.481 e. The molecule has 2 unspecified atom stereocenters. The third-order valence-electron chi connectivity index (χ3n) is 4.99. The number of para-hydroxylation sites is 1. The zero-order valence-electron chi connectivity index (χ0n) is 14.7. The molecule has 27 heavy (non-hydrogen) atoms. The van der Waals surface area contributed by atoms with Gasteiger partial charge in [-0.3, -0.25) is 14.4 Å². The van der Waals surface area contributed by atoms with Crippen LogP contribution in [0.1, 0.15) is 17.5 Å². The second-order valence-corrected chi connectivity index (χ2v) is 6.73. The van der Waals surface area contributed by atoms with E-state index in [2.05, 4.69) is 0 Å². The molecule has 0 bridgehead atoms. The Kier molecular flexibility index (Phi) is 5.54. The minimum absolute atomic E-state index is 0.302. The van der Waals surface area contributed by atoms with Crippen LogP contribution < -0.4 is 4.90 Å². The summed E-state index contributed by atoms with van der Waals surface area (Å²) >= 11 is 0. The maximum atomic E-state index is 13.0. The van der Waals surface area contributed by atoms with Crippen LogP contribution in [0.5, 0.6) is 0 Å². The Hall–Kier alpha value is -3.15. The van der Waals surface area contributed by atoms with Gasteiger partial charge in [0, 0.05) is 5.69 Å². The number of nitrogens with zero attached hydrogens (tertiary/aromatic N) is 1. The van der Waals surface area contributed by atoms with Crippen LogP contribution in [0.2, 0.25) is 0 Å². The number of carbonyl (C=O) groups excluding carboxylic acids is 1. The van der Waals surface area contributed by atoms with Crippen LogP contribution >= 0.6 is 0 Å². The van der Waals surface area contributed by atoms with E-state index in [1.54, 1.807) is 12.1 Å². The van der Waals surface area contributed by atoms with Gasteiger partial charge in [0.1, 0.15) is 6.54 Å². The zero-order chi connectivity index (χ0) is 19.4. The lowest BCUT2D eigenvalue weighted by Gasteiger charge is -2.35. The molecule has 1 heterocycles. The van der Waals surface area contributed by atoms with E-state index >= 15 is 0 Å². The molecule has 2 N–H and O–H groups in total. The highest BCUT2D eigenvalue weighted by Gasteiger charge is 2.41. The Bertz CT molecular complexity index is 849. The van der Waals surface area contributed by atoms with Crippen molar-refractivity contribution >= 4 is 23.5 Å². The van der Waals surface area contributed by atoms with Gasteiger partial charge in [0.2, 0.25) is 5.91 Å². The Morgan fingerprint density at radius 1 is 1.04 bits per heavy atom. The van der Waals surface area contributed by atoms with Crippen LogP contribution in [0.15, 0.2) is 54.6 Å². The van der Waals surface area contributed by atoms with E-state index in [0.717, 1.165) is 11.1 Å². The van der Waals surface area contributed by atoms with Gasteiger partial charge in [0.05, 0.1) is 11.8 Å². The highest BCUT2D eigenvalue weighted by atomic mass is 16.4. The fraction of sp³-hybridized carbons (Fsp3) is 0.286. The van der Waals surface area contributed by atoms with Crippen LogP contribution in [0.25, 0.3) is 0 Å². The minimum atomic E-state index is -1.13. The fourth-order valence-electron chi connectivity index (χ4n) is 3.67. The Labute approximate surface area is 157 Å². The van der Waals surface area contributed by atoms with Gasteiger partial charge in [-0.1, -0.05) is 48.5 Å². The second-order valence-electron chi connectivity index (χ2n) is 6.73. The number of aryl methyl sites for hydroxylation is 1. The first-order valence-electron chi connectivity index (χ1n) is 8.85. The normalized spacial score (nSPS) is 17.3. The first-order valence-corrected chi connectivity index (χ1v) is 8.85. The van der Waals surface area contributed by atoms with Gasteiger partial charge in [-0.2, -0.15) is 0 Å². The van der Waals surface area contributed by atoms with Gasteiger partial charge < -0.3 is 15.1 Å². The quantitative estimate of drug-likeness (QED) is 0.784. The van der Waals surface area contributed by atoms with E-state index in [-0.39, 0.29) is 0 Å². The number of carboxylic acid groups (broad SMARTS) is 2. The topological polar surface area (TPSA) is 94.9 Å². The van der Waals surface area contributed by atoms with Crippen molar-refractivity contribution in [2.75, 3.05) is 11.4 Å². The van der Waals surface area contributed by atoms with Crippen LogP contribution in [-0.2, 0) is 27.2 Å². The summed E-state index contributed by atoms with van der Waals surface area (Å²) in [4.78, 5) is 37.3. The van der Waals surface area contributed by atoms with Crippen molar-refractivity contribution in [2.45, 2.75) is 19.3 Å². The summed E-state index contributed by atoms with van der Waals surface area (Å²) in [5.74, 6) is -4.24. The van der Waals surface area contributed by atoms with E-state index in [1.165, 1.54) is 4.90 Å². The van der Waals surface area contributed by atoms with Gasteiger partial charge in [-0.15, -0.1) is 0 Å². The smallest absolute Gasteiger partial charge is 0.323 e. The number of carboxylic acids is 2. The molecule has 2 aromatic rings. The van der Waals surface area contributed by atoms with E-state index in [0.29, 0.717) is 24.9 Å². The Balaban J connectivity index is 1.87. The Morgan fingerprint density at radius 2 is 1.70 bits per heavy atom. The molecular formula is C21H21NO5. The number of hydrogen-bond acceptors (Lipinski definition) is 3. The zero-order valence-corrected chi connectivity index (χ0v) is 14.7. The van der Waals surface area contributed by atoms with E-state index < -0.39 is 36.2 Å². The molecule has 0 aliphatic carbocycles. The third-order valence-corrected chi connectivity index (χ3v) is 4.99. The molecule has 0 spiro atoms. The predicted molar refractivity (Wildman–Crippen MR) is 99.5 cm³/mol. The monoisotopic (exact) mass is 367 g/mol. The first kappa shape index (κ1) is 18.6. The molecule has 6 heteroatoms. The van der Waals surface area contributed by atoms with Crippen LogP contribution in [0, 0.1) is 11.8 Å². The van der Waals surface area contributed by atoms with Crippen molar-refractivity contribution in [3.63, 3.8) is 0 Å². The fourth-order valence-corrected chi connectivity index (χ4v) is 3.67. The molecule has 0 radical (unpaired) electrons. The summed E-state index contributed by atoms with van der Waals surface area (Å²) in [6.45, 7) is -0.475. The number of rotatable bonds is 7. The lowest BCUT2D eigenvalue weighted by molar-refractivity contribution is -0.147. The lowest BCUT2D eigenvalue weighted by Crippen LogP contribution is -2.48. The van der Waals surface area contributed by atoms with Crippen molar-refractivity contribution in [1.82, 2.24) is 0 Å². The van der Waals surface area contributed by atoms with Crippen molar-refractivity contribution in [2.24, 2.45) is 11.8 Å². The van der Waals surface area contributed by atoms with E-state index in [1.807, 2.05) is 42.5 Å². The summed E-state index contributed by atoms with van der Waals surface area (Å²) in [6, 6.07) is 16.6. The first-order chi connectivity index (χ1) is 13.0. The molecule has 1 aliphatic rings. The van der Waals surface area contributed by atoms with Gasteiger partial charge in [-0.25, -0.2) is 0 Å². The number of hydrogen-bond donors (Lipinski definition) is 2. The number of benzene rings is 2. The maximum Gasteiger partial charge on any atom is 0.323 e. The molecule has 6 nitrogen and oxygen atoms in total. The molecular weight excluding hydrogens is 346 g/mol. The molecule has 3 rings (SSSR count). The van der Waals surface area contributed by atoms with Crippen molar-refractivity contribution in [1.29, 1.82) is 0 Å². The van der Waals surface area contributed by atoms with Crippen molar-refractivity contribution in [3.05, 3.63) is 65.7 Å². The minimum Gasteiger partial charge on any atom is -0.481 e. The van der Waals surface area contributed by atoms with Gasteiger partial charge in [-0.05, 0) is 36.5 Å². The predicted octanol–water partition coefficient (Wildman–Crippen LogP) is 2.61. The van der Waals surface area contributed by atoms with Crippen LogP contribution in [0.3, 0.4) is 0 Å². The van der Waals surface area contributed by atoms with Crippen molar-refractivity contribution in [3.8, 4) is 0 Å². The van der Waals surface area contributed by atoms with Crippen molar-refractivity contribution < 1.29 is 24.6 Å². The average Bonchev–Trinajstić information content (AvgIpc) is 2.65. The number of carbonyl (C=O) groups is 3. The standard InChI is InChI=1S/C21H21NO5/c23-19(24)13-22-18-9-5-4-8-15(18)12-17(20(22)25)16(21(26)27)11-10-14-6-2-1-3-7-14/h1-9,16-17H,10-13H2,(H,23,24)(H,26,27). The van der Waals surface area contributed by atoms with Gasteiger partial charge in [0.25, 0.3) is 0 Å². The SMILES string of the molecule is O=C(O)CN1C(=O)C(C(CCc2ccccc2)C(=O)O)Cc2ccccc21. The summed E-state index contributed by atoms with van der Waals surface area (Å²) < 4.78 is 0. The molecule has 2 atom stereocenters. The van der Waals surface area contributed by atoms with Crippen LogP contribution in [0.4, 0.5) is 5.69 Å².